The van der Waals surface area contributed by atoms with Gasteiger partial charge in [-0.3, -0.25) is 9.52 Å². The zero-order chi connectivity index (χ0) is 26.2. The second-order valence-corrected chi connectivity index (χ2v) is 10.3. The molecule has 0 radical (unpaired) electrons. The van der Waals surface area contributed by atoms with Crippen LogP contribution in [0.3, 0.4) is 0 Å². The maximum absolute atomic E-state index is 15.2. The largest absolute Gasteiger partial charge is 0.345 e. The molecule has 0 unspecified atom stereocenters. The van der Waals surface area contributed by atoms with Crippen LogP contribution in [-0.2, 0) is 10.0 Å². The van der Waals surface area contributed by atoms with Gasteiger partial charge in [-0.05, 0) is 55.2 Å². The third-order valence-corrected chi connectivity index (χ3v) is 7.25. The van der Waals surface area contributed by atoms with Gasteiger partial charge in [0.05, 0.1) is 23.6 Å². The van der Waals surface area contributed by atoms with Gasteiger partial charge in [0.1, 0.15) is 11.5 Å². The minimum absolute atomic E-state index is 0.0167. The number of aromatic amines is 1. The van der Waals surface area contributed by atoms with E-state index < -0.39 is 38.7 Å². The second kappa shape index (κ2) is 9.51. The Morgan fingerprint density at radius 3 is 2.47 bits per heavy atom. The lowest BCUT2D eigenvalue weighted by molar-refractivity contribution is 0.103. The van der Waals surface area contributed by atoms with Crippen LogP contribution in [0.5, 0.6) is 0 Å². The van der Waals surface area contributed by atoms with Gasteiger partial charge in [-0.15, -0.1) is 0 Å². The molecule has 0 aliphatic carbocycles. The molecule has 2 N–H and O–H groups in total. The van der Waals surface area contributed by atoms with Crippen molar-refractivity contribution in [2.75, 3.05) is 10.5 Å². The maximum Gasteiger partial charge on any atom is 0.232 e. The highest BCUT2D eigenvalue weighted by Gasteiger charge is 2.26. The minimum Gasteiger partial charge on any atom is -0.345 e. The van der Waals surface area contributed by atoms with Gasteiger partial charge in [0.2, 0.25) is 15.8 Å². The monoisotopic (exact) mass is 508 g/mol. The van der Waals surface area contributed by atoms with Gasteiger partial charge in [0.25, 0.3) is 0 Å². The zero-order valence-corrected chi connectivity index (χ0v) is 20.6. The van der Waals surface area contributed by atoms with Crippen molar-refractivity contribution in [3.8, 4) is 11.1 Å². The van der Waals surface area contributed by atoms with Crippen LogP contribution in [0.15, 0.2) is 42.7 Å². The van der Waals surface area contributed by atoms with Gasteiger partial charge in [-0.1, -0.05) is 19.1 Å². The number of carbonyl (C=O) groups excluding carboxylic acids is 1. The standard InChI is InChI=1S/C26H22F2N4O3S/c1-5-8-36(34,35)32-21-7-6-20(27)22(23(21)28)25(33)19-13-31-26-18(19)11-17(12-30-26)16-9-14(2)24(29-4)15(3)10-16/h6-7,9-13,32H,5,8H2,1-3H3,(H,30,31). The van der Waals surface area contributed by atoms with Crippen LogP contribution in [0.2, 0.25) is 0 Å². The molecule has 0 aliphatic heterocycles. The van der Waals surface area contributed by atoms with Crippen molar-refractivity contribution >= 4 is 38.2 Å². The van der Waals surface area contributed by atoms with E-state index in [0.717, 1.165) is 28.8 Å². The first-order chi connectivity index (χ1) is 17.1. The smallest absolute Gasteiger partial charge is 0.232 e. The van der Waals surface area contributed by atoms with Crippen LogP contribution in [0.4, 0.5) is 20.2 Å². The average Bonchev–Trinajstić information content (AvgIpc) is 3.24. The number of nitrogens with zero attached hydrogens (tertiary/aromatic N) is 2. The number of hydrogen-bond acceptors (Lipinski definition) is 4. The average molecular weight is 509 g/mol. The lowest BCUT2D eigenvalue weighted by Crippen LogP contribution is -2.18. The van der Waals surface area contributed by atoms with E-state index in [1.54, 1.807) is 19.2 Å². The Labute approximate surface area is 207 Å². The zero-order valence-electron chi connectivity index (χ0n) is 19.7. The van der Waals surface area contributed by atoms with E-state index in [4.69, 9.17) is 6.57 Å². The quantitative estimate of drug-likeness (QED) is 0.234. The lowest BCUT2D eigenvalue weighted by Gasteiger charge is -2.11. The van der Waals surface area contributed by atoms with Crippen molar-refractivity contribution in [2.24, 2.45) is 0 Å². The summed E-state index contributed by atoms with van der Waals surface area (Å²) >= 11 is 0. The number of anilines is 1. The highest BCUT2D eigenvalue weighted by Crippen LogP contribution is 2.33. The van der Waals surface area contributed by atoms with Gasteiger partial charge >= 0.3 is 0 Å². The van der Waals surface area contributed by atoms with Crippen LogP contribution >= 0.6 is 0 Å². The number of nitrogens with one attached hydrogen (secondary N) is 2. The first kappa shape index (κ1) is 25.0. The van der Waals surface area contributed by atoms with Crippen molar-refractivity contribution in [3.05, 3.63) is 88.0 Å². The molecule has 7 nitrogen and oxygen atoms in total. The fourth-order valence-electron chi connectivity index (χ4n) is 4.11. The first-order valence-corrected chi connectivity index (χ1v) is 12.7. The van der Waals surface area contributed by atoms with E-state index in [0.29, 0.717) is 28.7 Å². The van der Waals surface area contributed by atoms with Crippen LogP contribution in [0.1, 0.15) is 40.4 Å². The third kappa shape index (κ3) is 4.57. The molecular weight excluding hydrogens is 486 g/mol. The Morgan fingerprint density at radius 2 is 1.83 bits per heavy atom. The first-order valence-electron chi connectivity index (χ1n) is 11.1. The Morgan fingerprint density at radius 1 is 1.14 bits per heavy atom. The molecule has 0 fully saturated rings. The summed E-state index contributed by atoms with van der Waals surface area (Å²) in [4.78, 5) is 24.0. The van der Waals surface area contributed by atoms with E-state index in [9.17, 15) is 17.6 Å². The molecule has 184 valence electrons. The van der Waals surface area contributed by atoms with Crippen LogP contribution in [-0.4, -0.2) is 29.9 Å². The number of pyridine rings is 1. The Hall–Kier alpha value is -4.10. The molecule has 4 aromatic rings. The highest BCUT2D eigenvalue weighted by atomic mass is 32.2. The SMILES string of the molecule is [C-]#[N+]c1c(C)cc(-c2cnc3[nH]cc(C(=O)c4c(F)ccc(NS(=O)(=O)CCC)c4F)c3c2)cc1C. The molecule has 0 aliphatic rings. The lowest BCUT2D eigenvalue weighted by atomic mass is 9.97. The number of ketones is 1. The number of rotatable bonds is 7. The molecule has 0 bridgehead atoms. The van der Waals surface area contributed by atoms with Crippen molar-refractivity contribution in [2.45, 2.75) is 27.2 Å². The predicted octanol–water partition coefficient (Wildman–Crippen LogP) is 6.06. The summed E-state index contributed by atoms with van der Waals surface area (Å²) in [6.45, 7) is 12.6. The van der Waals surface area contributed by atoms with Gasteiger partial charge < -0.3 is 4.98 Å². The van der Waals surface area contributed by atoms with Crippen molar-refractivity contribution in [1.82, 2.24) is 9.97 Å². The summed E-state index contributed by atoms with van der Waals surface area (Å²) in [7, 11) is -3.86. The van der Waals surface area contributed by atoms with Crippen LogP contribution < -0.4 is 4.72 Å². The molecular formula is C26H22F2N4O3S. The fraction of sp³-hybridized carbons (Fsp3) is 0.192. The number of H-pyrrole nitrogens is 1. The van der Waals surface area contributed by atoms with Crippen LogP contribution in [0.25, 0.3) is 27.0 Å². The van der Waals surface area contributed by atoms with Crippen LogP contribution in [0, 0.1) is 32.1 Å². The summed E-state index contributed by atoms with van der Waals surface area (Å²) in [5.41, 5.74) is 2.52. The van der Waals surface area contributed by atoms with E-state index in [1.165, 1.54) is 6.20 Å². The van der Waals surface area contributed by atoms with E-state index in [-0.39, 0.29) is 11.3 Å². The molecule has 10 heteroatoms. The number of benzene rings is 2. The highest BCUT2D eigenvalue weighted by molar-refractivity contribution is 7.92. The second-order valence-electron chi connectivity index (χ2n) is 8.43. The summed E-state index contributed by atoms with van der Waals surface area (Å²) in [5, 5.41) is 0.345. The topological polar surface area (TPSA) is 96.3 Å². The molecule has 2 aromatic heterocycles. The number of sulfonamides is 1. The molecule has 36 heavy (non-hydrogen) atoms. The molecule has 0 spiro atoms. The van der Waals surface area contributed by atoms with E-state index >= 15 is 4.39 Å². The predicted molar refractivity (Wildman–Crippen MR) is 135 cm³/mol. The van der Waals surface area contributed by atoms with Gasteiger partial charge in [0, 0.05) is 28.9 Å². The molecule has 2 heterocycles. The molecule has 2 aromatic carbocycles. The molecule has 4 rings (SSSR count). The number of fused-ring (bicyclic) bond motifs is 1. The van der Waals surface area contributed by atoms with Crippen molar-refractivity contribution in [1.29, 1.82) is 0 Å². The van der Waals surface area contributed by atoms with Gasteiger partial charge in [-0.2, -0.15) is 0 Å². The molecule has 0 amide bonds. The molecule has 0 atom stereocenters. The summed E-state index contributed by atoms with van der Waals surface area (Å²) in [5.74, 6) is -3.61. The van der Waals surface area contributed by atoms with Gasteiger partial charge in [-0.25, -0.2) is 27.0 Å². The maximum atomic E-state index is 15.2. The normalized spacial score (nSPS) is 11.4. The Balaban J connectivity index is 1.80. The molecule has 0 saturated carbocycles. The third-order valence-electron chi connectivity index (χ3n) is 5.77. The number of aromatic nitrogens is 2. The fourth-order valence-corrected chi connectivity index (χ4v) is 5.24. The number of halogens is 2. The van der Waals surface area contributed by atoms with Gasteiger partial charge in [0.15, 0.2) is 11.5 Å². The summed E-state index contributed by atoms with van der Waals surface area (Å²) in [6.07, 6.45) is 3.21. The van der Waals surface area contributed by atoms with Crippen molar-refractivity contribution < 1.29 is 22.0 Å². The van der Waals surface area contributed by atoms with E-state index in [2.05, 4.69) is 19.5 Å². The number of carbonyl (C=O) groups is 1. The summed E-state index contributed by atoms with van der Waals surface area (Å²) in [6, 6.07) is 7.15. The Kier molecular flexibility index (Phi) is 6.61. The van der Waals surface area contributed by atoms with E-state index in [1.807, 2.05) is 26.0 Å². The minimum atomic E-state index is -3.86. The molecule has 0 saturated heterocycles. The Bertz CT molecular complexity index is 1650. The van der Waals surface area contributed by atoms with Crippen molar-refractivity contribution in [3.63, 3.8) is 0 Å². The number of aryl methyl sites for hydroxylation is 2. The number of hydrogen-bond donors (Lipinski definition) is 2. The summed E-state index contributed by atoms with van der Waals surface area (Å²) < 4.78 is 56.2.